The summed E-state index contributed by atoms with van der Waals surface area (Å²) in [6, 6.07) is 7.23. The van der Waals surface area contributed by atoms with Crippen LogP contribution in [0.15, 0.2) is 0 Å². The molecule has 0 aromatic heterocycles. The summed E-state index contributed by atoms with van der Waals surface area (Å²) in [5.41, 5.74) is 0. The van der Waals surface area contributed by atoms with Crippen molar-refractivity contribution in [2.45, 2.75) is 199 Å². The van der Waals surface area contributed by atoms with E-state index in [1.54, 1.807) is 0 Å². The minimum absolute atomic E-state index is 0.824. The standard InChI is InChI=1S/C31H86O13Si14/c1-45(2,32)24-28-58(29-25-55(21)39-49(9,10)33-46(3,4)34-50(11,12)40-55,30-26-56(22)41-51(13,14)35-47(5,6)36-52(15,16)42-56)31-27-57(23)43-53(17,18)37-48(7,8)38-54(19,20)44-57/h32H,24-31H2,1-23H3. The molecule has 0 unspecified atom stereocenters. The SMILES string of the molecule is C[Si](C)(O)CC[Si](CC[Si]1(C)O[Si](C)(C)O[Si](C)(C)O[Si](C)(C)O1)(CC[Si]1(C)O[Si](C)(C)O[Si](C)(C)O[Si](C)(C)O1)CC[Si]1(C)O[Si](C)(C)O[Si](C)(C)O[Si](C)(C)O1. The summed E-state index contributed by atoms with van der Waals surface area (Å²) in [6.45, 7) is 49.3. The Bertz CT molecular complexity index is 1210. The molecule has 0 aliphatic carbocycles. The Morgan fingerprint density at radius 3 is 0.621 bits per heavy atom. The maximum atomic E-state index is 11.5. The zero-order chi connectivity index (χ0) is 45.1. The van der Waals surface area contributed by atoms with Gasteiger partial charge in [0.1, 0.15) is 0 Å². The van der Waals surface area contributed by atoms with Gasteiger partial charge in [-0.1, -0.05) is 24.2 Å². The Balaban J connectivity index is 2.15. The van der Waals surface area contributed by atoms with Gasteiger partial charge < -0.3 is 54.2 Å². The molecule has 0 atom stereocenters. The number of hydrogen-bond acceptors (Lipinski definition) is 13. The van der Waals surface area contributed by atoms with Crippen molar-refractivity contribution in [1.29, 1.82) is 0 Å². The molecule has 3 saturated heterocycles. The lowest BCUT2D eigenvalue weighted by atomic mass is 10.9. The zero-order valence-electron chi connectivity index (χ0n) is 41.0. The van der Waals surface area contributed by atoms with Crippen LogP contribution in [0.3, 0.4) is 0 Å². The lowest BCUT2D eigenvalue weighted by Crippen LogP contribution is -2.66. The highest BCUT2D eigenvalue weighted by Gasteiger charge is 2.57. The first-order valence-corrected chi connectivity index (χ1v) is 60.4. The van der Waals surface area contributed by atoms with Crippen LogP contribution in [0.2, 0.25) is 199 Å². The summed E-state index contributed by atoms with van der Waals surface area (Å²) < 4.78 is 83.9. The van der Waals surface area contributed by atoms with Crippen LogP contribution in [0.5, 0.6) is 0 Å². The first-order chi connectivity index (χ1) is 25.3. The average molecular weight is 1060 g/mol. The second-order valence-electron chi connectivity index (χ2n) is 22.5. The lowest BCUT2D eigenvalue weighted by molar-refractivity contribution is 0.233. The Hall–Kier alpha value is 2.52. The van der Waals surface area contributed by atoms with Gasteiger partial charge in [-0.2, -0.15) is 0 Å². The van der Waals surface area contributed by atoms with Gasteiger partial charge in [0, 0.05) is 0 Å². The smallest absolute Gasteiger partial charge is 0.317 e. The van der Waals surface area contributed by atoms with E-state index in [1.807, 2.05) is 0 Å². The third-order valence-electron chi connectivity index (χ3n) is 10.3. The molecule has 0 radical (unpaired) electrons. The van der Waals surface area contributed by atoms with Crippen molar-refractivity contribution in [2.24, 2.45) is 0 Å². The highest BCUT2D eigenvalue weighted by atomic mass is 28.5. The molecule has 0 saturated carbocycles. The molecule has 3 fully saturated rings. The third kappa shape index (κ3) is 18.4. The molecule has 0 amide bonds. The van der Waals surface area contributed by atoms with E-state index in [2.05, 4.69) is 151 Å². The Labute approximate surface area is 369 Å². The molecule has 0 aromatic rings. The van der Waals surface area contributed by atoms with Crippen molar-refractivity contribution in [2.75, 3.05) is 0 Å². The van der Waals surface area contributed by atoms with Crippen molar-refractivity contribution in [1.82, 2.24) is 0 Å². The van der Waals surface area contributed by atoms with Crippen LogP contribution >= 0.6 is 0 Å². The van der Waals surface area contributed by atoms with E-state index in [-0.39, 0.29) is 0 Å². The molecule has 0 bridgehead atoms. The third-order valence-corrected chi connectivity index (χ3v) is 68.3. The molecule has 0 spiro atoms. The Kier molecular flexibility index (Phi) is 17.0. The van der Waals surface area contributed by atoms with Crippen molar-refractivity contribution in [3.05, 3.63) is 0 Å². The molecule has 3 heterocycles. The van der Waals surface area contributed by atoms with Crippen molar-refractivity contribution < 1.29 is 54.2 Å². The summed E-state index contributed by atoms with van der Waals surface area (Å²) in [6.07, 6.45) is 0. The quantitative estimate of drug-likeness (QED) is 0.186. The van der Waals surface area contributed by atoms with Gasteiger partial charge >= 0.3 is 103 Å². The van der Waals surface area contributed by atoms with E-state index < -0.39 is 119 Å². The maximum absolute atomic E-state index is 11.5. The fraction of sp³-hybridized carbons (Fsp3) is 1.00. The second kappa shape index (κ2) is 18.0. The largest absolute Gasteiger partial charge is 0.432 e. The van der Waals surface area contributed by atoms with Crippen LogP contribution in [-0.2, 0) is 49.4 Å². The molecule has 58 heavy (non-hydrogen) atoms. The first kappa shape index (κ1) is 54.8. The van der Waals surface area contributed by atoms with Crippen LogP contribution < -0.4 is 0 Å². The highest BCUT2D eigenvalue weighted by Crippen LogP contribution is 2.44. The summed E-state index contributed by atoms with van der Waals surface area (Å²) in [5.74, 6) is 0. The van der Waals surface area contributed by atoms with Gasteiger partial charge in [0.2, 0.25) is 0 Å². The van der Waals surface area contributed by atoms with Gasteiger partial charge in [0.15, 0.2) is 8.32 Å². The van der Waals surface area contributed by atoms with Crippen LogP contribution in [0.4, 0.5) is 0 Å². The summed E-state index contributed by atoms with van der Waals surface area (Å²) >= 11 is 0. The molecule has 0 aromatic carbocycles. The molecule has 3 aliphatic rings. The van der Waals surface area contributed by atoms with Crippen LogP contribution in [0.25, 0.3) is 0 Å². The molecule has 13 nitrogen and oxygen atoms in total. The van der Waals surface area contributed by atoms with Crippen LogP contribution in [0.1, 0.15) is 0 Å². The lowest BCUT2D eigenvalue weighted by Gasteiger charge is -2.50. The first-order valence-electron chi connectivity index (χ1n) is 21.5. The van der Waals surface area contributed by atoms with E-state index in [9.17, 15) is 4.80 Å². The summed E-state index contributed by atoms with van der Waals surface area (Å²) in [4.78, 5) is 11.5. The normalized spacial score (nSPS) is 29.4. The fourth-order valence-electron chi connectivity index (χ4n) is 10.0. The monoisotopic (exact) mass is 1060 g/mol. The molecule has 3 aliphatic heterocycles. The maximum Gasteiger partial charge on any atom is 0.317 e. The molecular formula is C31H86O13Si14. The Morgan fingerprint density at radius 1 is 0.276 bits per heavy atom. The minimum Gasteiger partial charge on any atom is -0.432 e. The predicted octanol–water partition coefficient (Wildman–Crippen LogP) is 10.4. The molecule has 344 valence electrons. The van der Waals surface area contributed by atoms with Gasteiger partial charge in [-0.25, -0.2) is 0 Å². The van der Waals surface area contributed by atoms with E-state index >= 15 is 0 Å². The van der Waals surface area contributed by atoms with Gasteiger partial charge in [-0.05, 0) is 175 Å². The summed E-state index contributed by atoms with van der Waals surface area (Å²) in [7, 11) is -36.2. The average Bonchev–Trinajstić information content (AvgIpc) is 2.83. The van der Waals surface area contributed by atoms with Crippen molar-refractivity contribution in [3.63, 3.8) is 0 Å². The van der Waals surface area contributed by atoms with Gasteiger partial charge in [0.25, 0.3) is 0 Å². The van der Waals surface area contributed by atoms with Crippen LogP contribution in [0, 0.1) is 0 Å². The van der Waals surface area contributed by atoms with E-state index in [1.165, 1.54) is 0 Å². The van der Waals surface area contributed by atoms with Crippen LogP contribution in [-0.4, -0.2) is 124 Å². The van der Waals surface area contributed by atoms with Gasteiger partial charge in [-0.3, -0.25) is 0 Å². The minimum atomic E-state index is -2.83. The highest BCUT2D eigenvalue weighted by molar-refractivity contribution is 6.97. The zero-order valence-corrected chi connectivity index (χ0v) is 55.0. The van der Waals surface area contributed by atoms with E-state index in [0.29, 0.717) is 0 Å². The predicted molar refractivity (Wildman–Crippen MR) is 269 cm³/mol. The van der Waals surface area contributed by atoms with Gasteiger partial charge in [-0.15, -0.1) is 0 Å². The van der Waals surface area contributed by atoms with Crippen molar-refractivity contribution >= 4 is 119 Å². The summed E-state index contributed by atoms with van der Waals surface area (Å²) in [5, 5.41) is 0. The molecule has 1 N–H and O–H groups in total. The second-order valence-corrected chi connectivity index (χ2v) is 75.0. The van der Waals surface area contributed by atoms with Crippen molar-refractivity contribution in [3.8, 4) is 0 Å². The topological polar surface area (TPSA) is 131 Å². The molecular weight excluding hydrogens is 974 g/mol. The van der Waals surface area contributed by atoms with E-state index in [0.717, 1.165) is 48.4 Å². The number of rotatable bonds is 12. The number of hydrogen-bond donors (Lipinski definition) is 1. The fourth-order valence-corrected chi connectivity index (χ4v) is 90.2. The molecule has 3 rings (SSSR count). The van der Waals surface area contributed by atoms with E-state index in [4.69, 9.17) is 49.4 Å². The Morgan fingerprint density at radius 2 is 0.448 bits per heavy atom. The molecule has 27 heteroatoms. The van der Waals surface area contributed by atoms with Gasteiger partial charge in [0.05, 0.1) is 8.07 Å².